The number of aliphatic hydroxyl groups excluding tert-OH is 1. The van der Waals surface area contributed by atoms with Gasteiger partial charge in [-0.3, -0.25) is 4.79 Å². The maximum atomic E-state index is 12.4. The Labute approximate surface area is 132 Å². The van der Waals surface area contributed by atoms with Crippen molar-refractivity contribution < 1.29 is 14.6 Å². The van der Waals surface area contributed by atoms with E-state index in [0.717, 1.165) is 30.6 Å². The van der Waals surface area contributed by atoms with Crippen LogP contribution in [-0.4, -0.2) is 30.8 Å². The molecule has 0 spiro atoms. The number of para-hydroxylation sites is 1. The van der Waals surface area contributed by atoms with Gasteiger partial charge in [0.15, 0.2) is 0 Å². The molecule has 1 amide bonds. The minimum Gasteiger partial charge on any atom is -0.496 e. The molecule has 0 aliphatic heterocycles. The second-order valence-electron chi connectivity index (χ2n) is 6.67. The summed E-state index contributed by atoms with van der Waals surface area (Å²) in [6.07, 6.45) is 3.41. The van der Waals surface area contributed by atoms with Crippen LogP contribution < -0.4 is 10.1 Å². The molecule has 122 valence electrons. The number of hydrogen-bond acceptors (Lipinski definition) is 3. The van der Waals surface area contributed by atoms with Crippen molar-refractivity contribution in [2.24, 2.45) is 5.41 Å². The van der Waals surface area contributed by atoms with E-state index in [-0.39, 0.29) is 29.9 Å². The van der Waals surface area contributed by atoms with Crippen molar-refractivity contribution in [1.29, 1.82) is 0 Å². The van der Waals surface area contributed by atoms with E-state index in [0.29, 0.717) is 6.42 Å². The van der Waals surface area contributed by atoms with Gasteiger partial charge in [0.2, 0.25) is 5.91 Å². The van der Waals surface area contributed by atoms with Crippen molar-refractivity contribution >= 4 is 5.91 Å². The van der Waals surface area contributed by atoms with E-state index in [4.69, 9.17) is 4.74 Å². The van der Waals surface area contributed by atoms with Crippen molar-refractivity contribution in [3.8, 4) is 5.75 Å². The number of carbonyl (C=O) groups is 1. The van der Waals surface area contributed by atoms with Crippen LogP contribution in [0.4, 0.5) is 0 Å². The summed E-state index contributed by atoms with van der Waals surface area (Å²) in [5, 5.41) is 12.7. The molecule has 3 unspecified atom stereocenters. The van der Waals surface area contributed by atoms with Crippen LogP contribution in [0.25, 0.3) is 0 Å². The van der Waals surface area contributed by atoms with Gasteiger partial charge in [-0.1, -0.05) is 38.5 Å². The van der Waals surface area contributed by atoms with Gasteiger partial charge in [-0.25, -0.2) is 0 Å². The number of amides is 1. The fourth-order valence-corrected chi connectivity index (χ4v) is 3.38. The molecule has 2 N–H and O–H groups in total. The summed E-state index contributed by atoms with van der Waals surface area (Å²) in [6, 6.07) is 7.90. The summed E-state index contributed by atoms with van der Waals surface area (Å²) in [6.45, 7) is 4.21. The molecule has 1 aromatic carbocycles. The molecular weight excluding hydrogens is 278 g/mol. The van der Waals surface area contributed by atoms with Crippen molar-refractivity contribution in [3.63, 3.8) is 0 Å². The molecule has 0 aromatic heterocycles. The van der Waals surface area contributed by atoms with Crippen molar-refractivity contribution in [2.45, 2.75) is 51.5 Å². The topological polar surface area (TPSA) is 58.6 Å². The molecule has 4 nitrogen and oxygen atoms in total. The van der Waals surface area contributed by atoms with Crippen LogP contribution in [0.15, 0.2) is 24.3 Å². The monoisotopic (exact) mass is 305 g/mol. The summed E-state index contributed by atoms with van der Waals surface area (Å²) in [4.78, 5) is 12.4. The highest BCUT2D eigenvalue weighted by molar-refractivity contribution is 5.77. The van der Waals surface area contributed by atoms with Crippen LogP contribution in [0, 0.1) is 5.41 Å². The van der Waals surface area contributed by atoms with Crippen LogP contribution in [0.3, 0.4) is 0 Å². The highest BCUT2D eigenvalue weighted by atomic mass is 16.5. The summed E-state index contributed by atoms with van der Waals surface area (Å²) in [5.74, 6) is 0.965. The third-order valence-electron chi connectivity index (χ3n) is 4.94. The van der Waals surface area contributed by atoms with Crippen LogP contribution >= 0.6 is 0 Å². The van der Waals surface area contributed by atoms with E-state index in [9.17, 15) is 9.90 Å². The lowest BCUT2D eigenvalue weighted by Crippen LogP contribution is -2.45. The molecule has 1 aliphatic carbocycles. The Bertz CT molecular complexity index is 517. The van der Waals surface area contributed by atoms with E-state index in [2.05, 4.69) is 12.2 Å². The third-order valence-corrected chi connectivity index (χ3v) is 4.94. The molecule has 1 fully saturated rings. The average molecular weight is 305 g/mol. The van der Waals surface area contributed by atoms with Crippen molar-refractivity contribution in [2.75, 3.05) is 13.7 Å². The van der Waals surface area contributed by atoms with Crippen LogP contribution in [-0.2, 0) is 4.79 Å². The maximum absolute atomic E-state index is 12.4. The van der Waals surface area contributed by atoms with E-state index in [1.807, 2.05) is 31.2 Å². The lowest BCUT2D eigenvalue weighted by molar-refractivity contribution is -0.123. The predicted molar refractivity (Wildman–Crippen MR) is 87.0 cm³/mol. The molecule has 0 radical (unpaired) electrons. The van der Waals surface area contributed by atoms with Gasteiger partial charge in [0.1, 0.15) is 5.75 Å². The first-order valence-electron chi connectivity index (χ1n) is 8.03. The fourth-order valence-electron chi connectivity index (χ4n) is 3.38. The highest BCUT2D eigenvalue weighted by Crippen LogP contribution is 2.37. The van der Waals surface area contributed by atoms with Crippen LogP contribution in [0.5, 0.6) is 5.75 Å². The number of aliphatic hydroxyl groups is 1. The molecule has 2 rings (SSSR count). The molecule has 3 atom stereocenters. The number of hydrogen-bond donors (Lipinski definition) is 2. The second kappa shape index (κ2) is 7.14. The quantitative estimate of drug-likeness (QED) is 0.849. The number of ether oxygens (including phenoxy) is 1. The number of nitrogens with one attached hydrogen (secondary N) is 1. The molecule has 1 aliphatic rings. The predicted octanol–water partition coefficient (Wildman–Crippen LogP) is 2.86. The average Bonchev–Trinajstić information content (AvgIpc) is 2.88. The van der Waals surface area contributed by atoms with Gasteiger partial charge in [-0.15, -0.1) is 0 Å². The molecule has 1 saturated carbocycles. The van der Waals surface area contributed by atoms with Gasteiger partial charge < -0.3 is 15.2 Å². The van der Waals surface area contributed by atoms with Gasteiger partial charge in [0, 0.05) is 17.9 Å². The Morgan fingerprint density at radius 1 is 1.50 bits per heavy atom. The summed E-state index contributed by atoms with van der Waals surface area (Å²) >= 11 is 0. The maximum Gasteiger partial charge on any atom is 0.220 e. The molecule has 1 aromatic rings. The SMILES string of the molecule is COc1ccccc1C(C)CC(=O)NC1CCCC1(C)CO. The Balaban J connectivity index is 1.97. The zero-order valence-electron chi connectivity index (χ0n) is 13.8. The molecule has 0 bridgehead atoms. The lowest BCUT2D eigenvalue weighted by atomic mass is 9.85. The Morgan fingerprint density at radius 2 is 2.23 bits per heavy atom. The largest absolute Gasteiger partial charge is 0.496 e. The standard InChI is InChI=1S/C18H27NO3/c1-13(14-7-4-5-8-15(14)22-3)11-17(21)19-16-9-6-10-18(16,2)12-20/h4-5,7-8,13,16,20H,6,9-12H2,1-3H3,(H,19,21). The number of methoxy groups -OCH3 is 1. The van der Waals surface area contributed by atoms with E-state index >= 15 is 0 Å². The molecular formula is C18H27NO3. The minimum atomic E-state index is -0.177. The van der Waals surface area contributed by atoms with Crippen molar-refractivity contribution in [1.82, 2.24) is 5.32 Å². The fraction of sp³-hybridized carbons (Fsp3) is 0.611. The molecule has 4 heteroatoms. The summed E-state index contributed by atoms with van der Waals surface area (Å²) in [7, 11) is 1.65. The molecule has 22 heavy (non-hydrogen) atoms. The van der Waals surface area contributed by atoms with Gasteiger partial charge in [-0.2, -0.15) is 0 Å². The van der Waals surface area contributed by atoms with E-state index in [1.54, 1.807) is 7.11 Å². The van der Waals surface area contributed by atoms with Gasteiger partial charge >= 0.3 is 0 Å². The van der Waals surface area contributed by atoms with Gasteiger partial charge in [-0.05, 0) is 30.4 Å². The Morgan fingerprint density at radius 3 is 2.91 bits per heavy atom. The molecule has 0 heterocycles. The summed E-state index contributed by atoms with van der Waals surface area (Å²) < 4.78 is 5.37. The van der Waals surface area contributed by atoms with Gasteiger partial charge in [0.05, 0.1) is 13.7 Å². The second-order valence-corrected chi connectivity index (χ2v) is 6.67. The van der Waals surface area contributed by atoms with Crippen LogP contribution in [0.1, 0.15) is 51.0 Å². The zero-order chi connectivity index (χ0) is 16.2. The summed E-state index contributed by atoms with van der Waals surface area (Å²) in [5.41, 5.74) is 0.875. The van der Waals surface area contributed by atoms with E-state index in [1.165, 1.54) is 0 Å². The normalized spacial score (nSPS) is 25.7. The first-order chi connectivity index (χ1) is 10.5. The number of benzene rings is 1. The Hall–Kier alpha value is -1.55. The third kappa shape index (κ3) is 3.61. The minimum absolute atomic E-state index is 0.0463. The number of carbonyl (C=O) groups excluding carboxylic acids is 1. The highest BCUT2D eigenvalue weighted by Gasteiger charge is 2.39. The molecule has 0 saturated heterocycles. The van der Waals surface area contributed by atoms with E-state index < -0.39 is 0 Å². The smallest absolute Gasteiger partial charge is 0.220 e. The lowest BCUT2D eigenvalue weighted by Gasteiger charge is -2.30. The first kappa shape index (κ1) is 16.8. The van der Waals surface area contributed by atoms with Crippen LogP contribution in [0.2, 0.25) is 0 Å². The number of rotatable bonds is 6. The Kier molecular flexibility index (Phi) is 5.46. The van der Waals surface area contributed by atoms with Crippen molar-refractivity contribution in [3.05, 3.63) is 29.8 Å². The van der Waals surface area contributed by atoms with Gasteiger partial charge in [0.25, 0.3) is 0 Å². The zero-order valence-corrected chi connectivity index (χ0v) is 13.8. The first-order valence-corrected chi connectivity index (χ1v) is 8.03.